The number of hydrogen-bond acceptors (Lipinski definition) is 3. The highest BCUT2D eigenvalue weighted by Crippen LogP contribution is 2.35. The molecule has 26 heavy (non-hydrogen) atoms. The fourth-order valence-electron chi connectivity index (χ4n) is 4.19. The van der Waals surface area contributed by atoms with Gasteiger partial charge in [-0.05, 0) is 48.8 Å². The second-order valence-corrected chi connectivity index (χ2v) is 7.70. The Morgan fingerprint density at radius 1 is 0.962 bits per heavy atom. The zero-order valence-electron chi connectivity index (χ0n) is 16.6. The number of ether oxygens (including phenoxy) is 1. The van der Waals surface area contributed by atoms with E-state index in [4.69, 9.17) is 4.74 Å². The van der Waals surface area contributed by atoms with E-state index in [9.17, 15) is 9.59 Å². The average molecular weight is 359 g/mol. The molecule has 0 spiro atoms. The van der Waals surface area contributed by atoms with Crippen LogP contribution in [0.5, 0.6) is 5.75 Å². The van der Waals surface area contributed by atoms with Gasteiger partial charge in [0.25, 0.3) is 0 Å². The van der Waals surface area contributed by atoms with E-state index in [1.54, 1.807) is 7.11 Å². The first-order valence-corrected chi connectivity index (χ1v) is 10.3. The molecule has 0 aliphatic heterocycles. The molecule has 3 nitrogen and oxygen atoms in total. The largest absolute Gasteiger partial charge is 0.497 e. The van der Waals surface area contributed by atoms with E-state index in [1.807, 2.05) is 26.0 Å². The maximum atomic E-state index is 12.1. The Balaban J connectivity index is 1.76. The van der Waals surface area contributed by atoms with Crippen LogP contribution in [0.3, 0.4) is 0 Å². The van der Waals surface area contributed by atoms with Crippen molar-refractivity contribution in [3.8, 4) is 5.75 Å². The van der Waals surface area contributed by atoms with Crippen molar-refractivity contribution < 1.29 is 14.3 Å². The molecule has 0 heterocycles. The van der Waals surface area contributed by atoms with Crippen molar-refractivity contribution >= 4 is 11.6 Å². The van der Waals surface area contributed by atoms with Gasteiger partial charge in [0.05, 0.1) is 13.0 Å². The second kappa shape index (κ2) is 10.5. The van der Waals surface area contributed by atoms with Crippen molar-refractivity contribution in [2.24, 2.45) is 17.8 Å². The highest BCUT2D eigenvalue weighted by atomic mass is 16.5. The molecule has 0 unspecified atom stereocenters. The Morgan fingerprint density at radius 3 is 2.00 bits per heavy atom. The highest BCUT2D eigenvalue weighted by Gasteiger charge is 2.29. The minimum atomic E-state index is -0.342. The molecule has 2 rings (SSSR count). The first kappa shape index (κ1) is 20.7. The molecule has 0 bridgehead atoms. The van der Waals surface area contributed by atoms with Gasteiger partial charge in [-0.2, -0.15) is 0 Å². The van der Waals surface area contributed by atoms with Crippen LogP contribution in [-0.2, 0) is 16.0 Å². The third-order valence-electron chi connectivity index (χ3n) is 6.01. The van der Waals surface area contributed by atoms with E-state index < -0.39 is 0 Å². The number of methoxy groups -OCH3 is 1. The predicted molar refractivity (Wildman–Crippen MR) is 105 cm³/mol. The van der Waals surface area contributed by atoms with Gasteiger partial charge in [-0.1, -0.05) is 51.7 Å². The number of ketones is 2. The van der Waals surface area contributed by atoms with E-state index in [-0.39, 0.29) is 17.5 Å². The zero-order valence-corrected chi connectivity index (χ0v) is 16.6. The first-order valence-electron chi connectivity index (χ1n) is 10.3. The van der Waals surface area contributed by atoms with Gasteiger partial charge < -0.3 is 4.74 Å². The molecule has 0 amide bonds. The molecule has 0 aromatic heterocycles. The second-order valence-electron chi connectivity index (χ2n) is 7.70. The Labute approximate surface area is 158 Å². The standard InChI is InChI=1S/C23H34O3/c1-4-22(24)21(23(25)5-2)16-19-10-8-17(9-11-19)6-7-18-12-14-20(26-3)15-13-18/h12-15,17,19,21H,4-11,16H2,1-3H3. The van der Waals surface area contributed by atoms with Gasteiger partial charge in [0.2, 0.25) is 0 Å². The van der Waals surface area contributed by atoms with Crippen LogP contribution < -0.4 is 4.74 Å². The summed E-state index contributed by atoms with van der Waals surface area (Å²) in [4.78, 5) is 24.3. The van der Waals surface area contributed by atoms with Crippen LogP contribution in [0, 0.1) is 17.8 Å². The van der Waals surface area contributed by atoms with Gasteiger partial charge >= 0.3 is 0 Å². The van der Waals surface area contributed by atoms with Gasteiger partial charge in [0, 0.05) is 12.8 Å². The van der Waals surface area contributed by atoms with E-state index in [0.29, 0.717) is 18.8 Å². The fraction of sp³-hybridized carbons (Fsp3) is 0.652. The van der Waals surface area contributed by atoms with Gasteiger partial charge in [-0.15, -0.1) is 0 Å². The van der Waals surface area contributed by atoms with Gasteiger partial charge in [-0.25, -0.2) is 0 Å². The number of Topliss-reactive ketones (excluding diaryl/α,β-unsaturated/α-hetero) is 2. The summed E-state index contributed by atoms with van der Waals surface area (Å²) >= 11 is 0. The van der Waals surface area contributed by atoms with E-state index >= 15 is 0 Å². The van der Waals surface area contributed by atoms with Crippen LogP contribution in [-0.4, -0.2) is 18.7 Å². The lowest BCUT2D eigenvalue weighted by Crippen LogP contribution is -2.27. The van der Waals surface area contributed by atoms with Crippen LogP contribution in [0.2, 0.25) is 0 Å². The number of carbonyl (C=O) groups excluding carboxylic acids is 2. The average Bonchev–Trinajstić information content (AvgIpc) is 2.70. The topological polar surface area (TPSA) is 43.4 Å². The van der Waals surface area contributed by atoms with Crippen LogP contribution in [0.1, 0.15) is 70.8 Å². The molecule has 1 aromatic rings. The van der Waals surface area contributed by atoms with Gasteiger partial charge in [-0.3, -0.25) is 9.59 Å². The molecule has 0 atom stereocenters. The molecule has 1 fully saturated rings. The van der Waals surface area contributed by atoms with Crippen LogP contribution in [0.25, 0.3) is 0 Å². The molecule has 144 valence electrons. The summed E-state index contributed by atoms with van der Waals surface area (Å²) in [5.41, 5.74) is 1.37. The first-order chi connectivity index (χ1) is 12.6. The third-order valence-corrected chi connectivity index (χ3v) is 6.01. The Hall–Kier alpha value is -1.64. The van der Waals surface area contributed by atoms with E-state index in [0.717, 1.165) is 37.4 Å². The normalized spacial score (nSPS) is 20.2. The molecule has 3 heteroatoms. The number of carbonyl (C=O) groups is 2. The Bertz CT molecular complexity index is 552. The lowest BCUT2D eigenvalue weighted by Gasteiger charge is -2.30. The number of rotatable bonds is 10. The Morgan fingerprint density at radius 2 is 1.50 bits per heavy atom. The number of benzene rings is 1. The van der Waals surface area contributed by atoms with Crippen LogP contribution in [0.4, 0.5) is 0 Å². The fourth-order valence-corrected chi connectivity index (χ4v) is 4.19. The van der Waals surface area contributed by atoms with Crippen molar-refractivity contribution in [3.63, 3.8) is 0 Å². The monoisotopic (exact) mass is 358 g/mol. The molecule has 1 aliphatic rings. The molecule has 1 aromatic carbocycles. The SMILES string of the molecule is CCC(=O)C(CC1CCC(CCc2ccc(OC)cc2)CC1)C(=O)CC. The molecule has 1 aliphatic carbocycles. The third kappa shape index (κ3) is 5.96. The summed E-state index contributed by atoms with van der Waals surface area (Å²) in [5, 5.41) is 0. The molecule has 0 radical (unpaired) electrons. The van der Waals surface area contributed by atoms with Crippen LogP contribution in [0.15, 0.2) is 24.3 Å². The maximum absolute atomic E-state index is 12.1. The predicted octanol–water partition coefficient (Wildman–Crippen LogP) is 5.40. The summed E-state index contributed by atoms with van der Waals surface area (Å²) < 4.78 is 5.21. The molecular formula is C23H34O3. The van der Waals surface area contributed by atoms with Crippen molar-refractivity contribution in [1.82, 2.24) is 0 Å². The minimum absolute atomic E-state index is 0.137. The highest BCUT2D eigenvalue weighted by molar-refractivity contribution is 6.02. The summed E-state index contributed by atoms with van der Waals surface area (Å²) in [6.07, 6.45) is 8.87. The van der Waals surface area contributed by atoms with Crippen molar-refractivity contribution in [2.75, 3.05) is 7.11 Å². The summed E-state index contributed by atoms with van der Waals surface area (Å²) in [6, 6.07) is 8.37. The van der Waals surface area contributed by atoms with Gasteiger partial charge in [0.1, 0.15) is 17.3 Å². The quantitative estimate of drug-likeness (QED) is 0.526. The summed E-state index contributed by atoms with van der Waals surface area (Å²) in [6.45, 7) is 3.74. The zero-order chi connectivity index (χ0) is 18.9. The molecular weight excluding hydrogens is 324 g/mol. The van der Waals surface area contributed by atoms with Crippen molar-refractivity contribution in [1.29, 1.82) is 0 Å². The molecule has 1 saturated carbocycles. The Kier molecular flexibility index (Phi) is 8.34. The summed E-state index contributed by atoms with van der Waals surface area (Å²) in [7, 11) is 1.69. The minimum Gasteiger partial charge on any atom is -0.497 e. The lowest BCUT2D eigenvalue weighted by molar-refractivity contribution is -0.133. The van der Waals surface area contributed by atoms with Crippen LogP contribution >= 0.6 is 0 Å². The number of aryl methyl sites for hydroxylation is 1. The maximum Gasteiger partial charge on any atom is 0.143 e. The van der Waals surface area contributed by atoms with Crippen molar-refractivity contribution in [3.05, 3.63) is 29.8 Å². The smallest absolute Gasteiger partial charge is 0.143 e. The lowest BCUT2D eigenvalue weighted by atomic mass is 9.74. The van der Waals surface area contributed by atoms with E-state index in [2.05, 4.69) is 12.1 Å². The van der Waals surface area contributed by atoms with Gasteiger partial charge in [0.15, 0.2) is 0 Å². The van der Waals surface area contributed by atoms with Crippen molar-refractivity contribution in [2.45, 2.75) is 71.6 Å². The molecule has 0 saturated heterocycles. The van der Waals surface area contributed by atoms with E-state index in [1.165, 1.54) is 24.8 Å². The number of hydrogen-bond donors (Lipinski definition) is 0. The molecule has 0 N–H and O–H groups in total. The summed E-state index contributed by atoms with van der Waals surface area (Å²) in [5.74, 6) is 2.16.